The number of carbonyl (C=O) groups excluding carboxylic acids is 2. The second-order valence-electron chi connectivity index (χ2n) is 8.31. The van der Waals surface area contributed by atoms with E-state index in [9.17, 15) is 9.59 Å². The van der Waals surface area contributed by atoms with Crippen LogP contribution in [0.2, 0.25) is 0 Å². The van der Waals surface area contributed by atoms with Gasteiger partial charge in [0.25, 0.3) is 0 Å². The van der Waals surface area contributed by atoms with E-state index in [2.05, 4.69) is 4.90 Å². The summed E-state index contributed by atoms with van der Waals surface area (Å²) in [6.07, 6.45) is 3.28. The first-order chi connectivity index (χ1) is 12.0. The summed E-state index contributed by atoms with van der Waals surface area (Å²) in [6, 6.07) is 0.937. The van der Waals surface area contributed by atoms with E-state index >= 15 is 0 Å². The average molecular weight is 349 g/mol. The molecule has 5 aliphatic rings. The van der Waals surface area contributed by atoms with Crippen molar-refractivity contribution in [3.63, 3.8) is 0 Å². The Balaban J connectivity index is 1.33. The summed E-state index contributed by atoms with van der Waals surface area (Å²) in [7, 11) is 1.91. The molecular formula is C19H31N3O3. The van der Waals surface area contributed by atoms with E-state index in [1.54, 1.807) is 0 Å². The lowest BCUT2D eigenvalue weighted by molar-refractivity contribution is -0.132. The monoisotopic (exact) mass is 349 g/mol. The number of likely N-dealkylation sites (tertiary alicyclic amines) is 1. The summed E-state index contributed by atoms with van der Waals surface area (Å²) in [4.78, 5) is 31.0. The highest BCUT2D eigenvalue weighted by molar-refractivity contribution is 5.82. The van der Waals surface area contributed by atoms with Gasteiger partial charge in [-0.2, -0.15) is 0 Å². The third-order valence-electron chi connectivity index (χ3n) is 7.13. The summed E-state index contributed by atoms with van der Waals surface area (Å²) in [5.41, 5.74) is 0. The maximum absolute atomic E-state index is 12.4. The molecule has 3 aliphatic heterocycles. The third-order valence-corrected chi connectivity index (χ3v) is 7.13. The molecule has 0 spiro atoms. The highest BCUT2D eigenvalue weighted by Crippen LogP contribution is 2.54. The number of nitrogens with zero attached hydrogens (tertiary/aromatic N) is 3. The minimum absolute atomic E-state index is 0.131. The molecule has 2 amide bonds. The van der Waals surface area contributed by atoms with Gasteiger partial charge in [0.2, 0.25) is 5.91 Å². The van der Waals surface area contributed by atoms with E-state index in [0.29, 0.717) is 42.4 Å². The fraction of sp³-hybridized carbons (Fsp3) is 0.895. The first-order valence-electron chi connectivity index (χ1n) is 9.97. The van der Waals surface area contributed by atoms with Crippen LogP contribution in [0.3, 0.4) is 0 Å². The van der Waals surface area contributed by atoms with E-state index < -0.39 is 0 Å². The van der Waals surface area contributed by atoms with Crippen molar-refractivity contribution >= 4 is 12.0 Å². The van der Waals surface area contributed by atoms with Crippen LogP contribution in [0.5, 0.6) is 0 Å². The van der Waals surface area contributed by atoms with Crippen LogP contribution < -0.4 is 0 Å². The summed E-state index contributed by atoms with van der Waals surface area (Å²) in [5.74, 6) is 2.33. The fourth-order valence-electron chi connectivity index (χ4n) is 5.57. The molecule has 3 saturated heterocycles. The Kier molecular flexibility index (Phi) is 4.42. The van der Waals surface area contributed by atoms with Gasteiger partial charge in [-0.05, 0) is 50.9 Å². The number of fused-ring (bicyclic) bond motifs is 4. The van der Waals surface area contributed by atoms with Crippen LogP contribution in [0.4, 0.5) is 4.79 Å². The molecule has 3 heterocycles. The number of carbonyl (C=O) groups is 2. The number of ether oxygens (including phenoxy) is 1. The van der Waals surface area contributed by atoms with Crippen molar-refractivity contribution in [2.45, 2.75) is 45.2 Å². The molecule has 2 bridgehead atoms. The maximum atomic E-state index is 12.4. The first kappa shape index (κ1) is 17.1. The van der Waals surface area contributed by atoms with Crippen LogP contribution >= 0.6 is 0 Å². The van der Waals surface area contributed by atoms with Gasteiger partial charge in [0.1, 0.15) is 0 Å². The second kappa shape index (κ2) is 6.45. The fourth-order valence-corrected chi connectivity index (χ4v) is 5.57. The van der Waals surface area contributed by atoms with Gasteiger partial charge in [-0.15, -0.1) is 0 Å². The number of piperidine rings is 3. The largest absolute Gasteiger partial charge is 0.450 e. The van der Waals surface area contributed by atoms with Crippen molar-refractivity contribution in [2.75, 3.05) is 39.8 Å². The van der Waals surface area contributed by atoms with E-state index in [-0.39, 0.29) is 12.0 Å². The predicted molar refractivity (Wildman–Crippen MR) is 94.0 cm³/mol. The van der Waals surface area contributed by atoms with Gasteiger partial charge in [0.15, 0.2) is 0 Å². The smallest absolute Gasteiger partial charge is 0.410 e. The SMILES string of the molecule is CCOC(=O)N1C[C@H]2CC[C@@H]1CC2N1C[C@@H]2C(C(=O)N(C)CC)[C@@H]2C1. The Morgan fingerprint density at radius 1 is 1.12 bits per heavy atom. The zero-order valence-electron chi connectivity index (χ0n) is 15.7. The molecule has 0 aromatic heterocycles. The van der Waals surface area contributed by atoms with Crippen LogP contribution in [0.1, 0.15) is 33.1 Å². The van der Waals surface area contributed by atoms with E-state index in [4.69, 9.17) is 4.74 Å². The Hall–Kier alpha value is -1.30. The highest BCUT2D eigenvalue weighted by atomic mass is 16.6. The molecule has 0 radical (unpaired) electrons. The molecule has 0 aromatic rings. The first-order valence-corrected chi connectivity index (χ1v) is 9.97. The van der Waals surface area contributed by atoms with Crippen molar-refractivity contribution in [3.8, 4) is 0 Å². The van der Waals surface area contributed by atoms with Gasteiger partial charge >= 0.3 is 6.09 Å². The van der Waals surface area contributed by atoms with Gasteiger partial charge in [-0.1, -0.05) is 0 Å². The van der Waals surface area contributed by atoms with Crippen molar-refractivity contribution in [1.82, 2.24) is 14.7 Å². The van der Waals surface area contributed by atoms with Crippen LogP contribution in [0.15, 0.2) is 0 Å². The Labute approximate surface area is 150 Å². The standard InChI is InChI=1S/C19H31N3O3/c1-4-20(3)18(23)17-14-10-21(11-15(14)17)16-8-13-7-6-12(16)9-22(13)19(24)25-5-2/h12-17H,4-11H2,1-3H3/t12-,13-,14-,15+,16?,17?/m1/s1. The van der Waals surface area contributed by atoms with Crippen LogP contribution in [-0.2, 0) is 9.53 Å². The van der Waals surface area contributed by atoms with Gasteiger partial charge in [0.05, 0.1) is 6.61 Å². The lowest BCUT2D eigenvalue weighted by Gasteiger charge is -2.51. The number of amides is 2. The zero-order valence-corrected chi connectivity index (χ0v) is 15.7. The molecule has 6 nitrogen and oxygen atoms in total. The molecule has 5 rings (SSSR count). The Morgan fingerprint density at radius 2 is 1.84 bits per heavy atom. The van der Waals surface area contributed by atoms with Crippen molar-refractivity contribution in [1.29, 1.82) is 0 Å². The number of hydrogen-bond donors (Lipinski definition) is 0. The van der Waals surface area contributed by atoms with Crippen LogP contribution in [-0.4, -0.2) is 78.6 Å². The van der Waals surface area contributed by atoms with Crippen molar-refractivity contribution in [3.05, 3.63) is 0 Å². The van der Waals surface area contributed by atoms with Crippen molar-refractivity contribution < 1.29 is 14.3 Å². The molecule has 6 heteroatoms. The molecule has 25 heavy (non-hydrogen) atoms. The summed E-state index contributed by atoms with van der Waals surface area (Å²) < 4.78 is 5.22. The lowest BCUT2D eigenvalue weighted by atomic mass is 9.75. The lowest BCUT2D eigenvalue weighted by Crippen LogP contribution is -2.60. The molecular weight excluding hydrogens is 318 g/mol. The molecule has 2 aliphatic carbocycles. The van der Waals surface area contributed by atoms with E-state index in [1.165, 1.54) is 6.42 Å². The average Bonchev–Trinajstić information content (AvgIpc) is 3.13. The summed E-state index contributed by atoms with van der Waals surface area (Å²) in [6.45, 7) is 8.16. The normalized spacial score (nSPS) is 39.2. The zero-order chi connectivity index (χ0) is 17.7. The molecule has 140 valence electrons. The Morgan fingerprint density at radius 3 is 2.40 bits per heavy atom. The van der Waals surface area contributed by atoms with Crippen molar-refractivity contribution in [2.24, 2.45) is 23.7 Å². The quantitative estimate of drug-likeness (QED) is 0.774. The number of hydrogen-bond acceptors (Lipinski definition) is 4. The highest BCUT2D eigenvalue weighted by Gasteiger charge is 2.61. The van der Waals surface area contributed by atoms with Gasteiger partial charge in [-0.3, -0.25) is 9.69 Å². The third kappa shape index (κ3) is 2.82. The molecule has 0 N–H and O–H groups in total. The van der Waals surface area contributed by atoms with E-state index in [1.807, 2.05) is 30.7 Å². The van der Waals surface area contributed by atoms with E-state index in [0.717, 1.165) is 39.0 Å². The molecule has 0 aromatic carbocycles. The summed E-state index contributed by atoms with van der Waals surface area (Å²) >= 11 is 0. The second-order valence-corrected chi connectivity index (χ2v) is 8.31. The molecule has 2 unspecified atom stereocenters. The molecule has 2 saturated carbocycles. The molecule has 5 fully saturated rings. The van der Waals surface area contributed by atoms with Crippen LogP contribution in [0, 0.1) is 23.7 Å². The Bertz CT molecular complexity index is 542. The van der Waals surface area contributed by atoms with Gasteiger partial charge in [-0.25, -0.2) is 4.79 Å². The minimum Gasteiger partial charge on any atom is -0.450 e. The predicted octanol–water partition coefficient (Wildman–Crippen LogP) is 1.65. The minimum atomic E-state index is -0.131. The maximum Gasteiger partial charge on any atom is 0.410 e. The number of rotatable bonds is 4. The topological polar surface area (TPSA) is 53.1 Å². The molecule has 6 atom stereocenters. The van der Waals surface area contributed by atoms with Gasteiger partial charge in [0, 0.05) is 51.2 Å². The van der Waals surface area contributed by atoms with Gasteiger partial charge < -0.3 is 14.5 Å². The van der Waals surface area contributed by atoms with Crippen LogP contribution in [0.25, 0.3) is 0 Å². The summed E-state index contributed by atoms with van der Waals surface area (Å²) in [5, 5.41) is 0.